The molecule has 4 rings (SSSR count). The van der Waals surface area contributed by atoms with Gasteiger partial charge in [0.1, 0.15) is 5.76 Å². The molecule has 0 radical (unpaired) electrons. The summed E-state index contributed by atoms with van der Waals surface area (Å²) in [5.74, 6) is 1.14. The highest BCUT2D eigenvalue weighted by molar-refractivity contribution is 7.92. The molecule has 29 heavy (non-hydrogen) atoms. The minimum atomic E-state index is -3.92. The Bertz CT molecular complexity index is 1260. The first-order valence-electron chi connectivity index (χ1n) is 8.21. The molecular weight excluding hydrogens is 439 g/mol. The maximum atomic E-state index is 12.8. The van der Waals surface area contributed by atoms with Crippen molar-refractivity contribution in [2.24, 2.45) is 0 Å². The molecule has 0 saturated heterocycles. The molecule has 148 valence electrons. The van der Waals surface area contributed by atoms with E-state index >= 15 is 0 Å². The molecule has 0 aliphatic rings. The Balaban J connectivity index is 1.60. The molecule has 2 aromatic carbocycles. The number of nitrogens with one attached hydrogen (secondary N) is 1. The average molecular weight is 451 g/mol. The highest BCUT2D eigenvalue weighted by atomic mass is 35.5. The van der Waals surface area contributed by atoms with Crippen molar-refractivity contribution in [1.29, 1.82) is 0 Å². The van der Waals surface area contributed by atoms with Crippen LogP contribution in [0, 0.1) is 0 Å². The van der Waals surface area contributed by atoms with Crippen molar-refractivity contribution in [3.63, 3.8) is 0 Å². The van der Waals surface area contributed by atoms with E-state index in [2.05, 4.69) is 20.0 Å². The van der Waals surface area contributed by atoms with Gasteiger partial charge in [-0.2, -0.15) is 4.98 Å². The van der Waals surface area contributed by atoms with Crippen molar-refractivity contribution in [1.82, 2.24) is 15.3 Å². The standard InChI is InChI=1S/C18H12Cl2N4O4S/c19-12-4-5-15(20)16(9-12)24-29(25,26)14-3-1-2-11(8-14)18-22-17(23-28-18)10-13-6-7-21-27-13/h1-9,24H,10H2. The predicted molar refractivity (Wildman–Crippen MR) is 106 cm³/mol. The molecule has 0 aliphatic carbocycles. The third-order valence-corrected chi connectivity index (χ3v) is 5.78. The van der Waals surface area contributed by atoms with Gasteiger partial charge >= 0.3 is 0 Å². The van der Waals surface area contributed by atoms with Crippen LogP contribution in [0.25, 0.3) is 11.5 Å². The number of hydrogen-bond acceptors (Lipinski definition) is 7. The summed E-state index contributed by atoms with van der Waals surface area (Å²) >= 11 is 12.0. The van der Waals surface area contributed by atoms with Gasteiger partial charge in [-0.1, -0.05) is 39.6 Å². The number of sulfonamides is 1. The molecule has 0 fully saturated rings. The fourth-order valence-corrected chi connectivity index (χ4v) is 4.02. The third kappa shape index (κ3) is 4.42. The van der Waals surface area contributed by atoms with Crippen molar-refractivity contribution < 1.29 is 17.5 Å². The smallest absolute Gasteiger partial charge is 0.261 e. The SMILES string of the molecule is O=S(=O)(Nc1cc(Cl)ccc1Cl)c1cccc(-c2nc(Cc3ccno3)no2)c1. The fourth-order valence-electron chi connectivity index (χ4n) is 2.51. The summed E-state index contributed by atoms with van der Waals surface area (Å²) in [7, 11) is -3.92. The van der Waals surface area contributed by atoms with Gasteiger partial charge in [0.05, 0.1) is 28.2 Å². The average Bonchev–Trinajstić information content (AvgIpc) is 3.37. The number of nitrogens with zero attached hydrogens (tertiary/aromatic N) is 3. The fraction of sp³-hybridized carbons (Fsp3) is 0.0556. The highest BCUT2D eigenvalue weighted by Gasteiger charge is 2.19. The van der Waals surface area contributed by atoms with E-state index in [1.165, 1.54) is 30.5 Å². The van der Waals surface area contributed by atoms with Crippen molar-refractivity contribution in [3.05, 3.63) is 76.4 Å². The van der Waals surface area contributed by atoms with E-state index in [4.69, 9.17) is 32.2 Å². The summed E-state index contributed by atoms with van der Waals surface area (Å²) in [6.45, 7) is 0. The van der Waals surface area contributed by atoms with Crippen LogP contribution in [0.3, 0.4) is 0 Å². The minimum Gasteiger partial charge on any atom is -0.361 e. The van der Waals surface area contributed by atoms with Gasteiger partial charge in [0.15, 0.2) is 5.82 Å². The molecule has 2 aromatic heterocycles. The summed E-state index contributed by atoms with van der Waals surface area (Å²) < 4.78 is 38.2. The minimum absolute atomic E-state index is 0.000951. The maximum absolute atomic E-state index is 12.8. The van der Waals surface area contributed by atoms with E-state index in [1.54, 1.807) is 24.3 Å². The lowest BCUT2D eigenvalue weighted by Crippen LogP contribution is -2.13. The molecule has 0 aliphatic heterocycles. The normalized spacial score (nSPS) is 11.5. The van der Waals surface area contributed by atoms with E-state index < -0.39 is 10.0 Å². The Hall–Kier alpha value is -2.88. The van der Waals surface area contributed by atoms with Crippen LogP contribution in [-0.2, 0) is 16.4 Å². The number of aromatic nitrogens is 3. The largest absolute Gasteiger partial charge is 0.361 e. The van der Waals surface area contributed by atoms with Crippen molar-refractivity contribution in [2.75, 3.05) is 4.72 Å². The zero-order valence-corrected chi connectivity index (χ0v) is 16.9. The summed E-state index contributed by atoms with van der Waals surface area (Å²) in [6, 6.07) is 12.3. The molecule has 0 amide bonds. The molecule has 8 nitrogen and oxygen atoms in total. The lowest BCUT2D eigenvalue weighted by atomic mass is 10.2. The van der Waals surface area contributed by atoms with Crippen LogP contribution in [0.15, 0.2) is 68.7 Å². The second-order valence-electron chi connectivity index (χ2n) is 5.93. The molecule has 0 atom stereocenters. The summed E-state index contributed by atoms with van der Waals surface area (Å²) in [4.78, 5) is 4.27. The van der Waals surface area contributed by atoms with Gasteiger partial charge in [-0.25, -0.2) is 8.42 Å². The maximum Gasteiger partial charge on any atom is 0.261 e. The first-order chi connectivity index (χ1) is 13.9. The van der Waals surface area contributed by atoms with E-state index in [0.29, 0.717) is 28.6 Å². The monoisotopic (exact) mass is 450 g/mol. The summed E-state index contributed by atoms with van der Waals surface area (Å²) in [5, 5.41) is 8.07. The number of anilines is 1. The van der Waals surface area contributed by atoms with Crippen LogP contribution in [0.1, 0.15) is 11.6 Å². The van der Waals surface area contributed by atoms with Gasteiger partial charge < -0.3 is 9.05 Å². The third-order valence-electron chi connectivity index (χ3n) is 3.86. The van der Waals surface area contributed by atoms with Crippen LogP contribution in [-0.4, -0.2) is 23.7 Å². The second-order valence-corrected chi connectivity index (χ2v) is 8.45. The Labute approximate surface area is 175 Å². The number of hydrogen-bond donors (Lipinski definition) is 1. The van der Waals surface area contributed by atoms with E-state index in [0.717, 1.165) is 0 Å². The zero-order valence-electron chi connectivity index (χ0n) is 14.5. The Morgan fingerprint density at radius 3 is 2.69 bits per heavy atom. The Morgan fingerprint density at radius 2 is 1.90 bits per heavy atom. The molecule has 11 heteroatoms. The topological polar surface area (TPSA) is 111 Å². The Kier molecular flexibility index (Phi) is 5.27. The van der Waals surface area contributed by atoms with Crippen LogP contribution < -0.4 is 4.72 Å². The summed E-state index contributed by atoms with van der Waals surface area (Å²) in [5.41, 5.74) is 0.623. The lowest BCUT2D eigenvalue weighted by Gasteiger charge is -2.10. The van der Waals surface area contributed by atoms with E-state index in [9.17, 15) is 8.42 Å². The molecule has 0 bridgehead atoms. The van der Waals surface area contributed by atoms with Crippen molar-refractivity contribution >= 4 is 38.9 Å². The molecular formula is C18H12Cl2N4O4S. The van der Waals surface area contributed by atoms with Crippen LogP contribution in [0.4, 0.5) is 5.69 Å². The van der Waals surface area contributed by atoms with Gasteiger partial charge in [0.25, 0.3) is 15.9 Å². The van der Waals surface area contributed by atoms with Crippen LogP contribution in [0.2, 0.25) is 10.0 Å². The van der Waals surface area contributed by atoms with Crippen LogP contribution in [0.5, 0.6) is 0 Å². The Morgan fingerprint density at radius 1 is 1.03 bits per heavy atom. The van der Waals surface area contributed by atoms with Gasteiger partial charge in [-0.05, 0) is 36.4 Å². The number of rotatable bonds is 6. The molecule has 0 spiro atoms. The van der Waals surface area contributed by atoms with Crippen molar-refractivity contribution in [2.45, 2.75) is 11.3 Å². The lowest BCUT2D eigenvalue weighted by molar-refractivity contribution is 0.382. The molecule has 1 N–H and O–H groups in total. The number of benzene rings is 2. The first kappa shape index (κ1) is 19.4. The van der Waals surface area contributed by atoms with Gasteiger partial charge in [0.2, 0.25) is 0 Å². The summed E-state index contributed by atoms with van der Waals surface area (Å²) in [6.07, 6.45) is 1.82. The van der Waals surface area contributed by atoms with E-state index in [1.807, 2.05) is 0 Å². The predicted octanol–water partition coefficient (Wildman–Crippen LogP) is 4.42. The molecule has 2 heterocycles. The zero-order chi connectivity index (χ0) is 20.4. The van der Waals surface area contributed by atoms with E-state index in [-0.39, 0.29) is 21.5 Å². The van der Waals surface area contributed by atoms with Gasteiger partial charge in [-0.3, -0.25) is 4.72 Å². The highest BCUT2D eigenvalue weighted by Crippen LogP contribution is 2.29. The van der Waals surface area contributed by atoms with Gasteiger partial charge in [-0.15, -0.1) is 0 Å². The second kappa shape index (κ2) is 7.86. The quantitative estimate of drug-likeness (QED) is 0.462. The molecule has 4 aromatic rings. The van der Waals surface area contributed by atoms with Crippen molar-refractivity contribution in [3.8, 4) is 11.5 Å². The molecule has 0 unspecified atom stereocenters. The number of halogens is 2. The van der Waals surface area contributed by atoms with Crippen LogP contribution >= 0.6 is 23.2 Å². The first-order valence-corrected chi connectivity index (χ1v) is 10.4. The molecule has 0 saturated carbocycles. The van der Waals surface area contributed by atoms with Gasteiger partial charge in [0, 0.05) is 16.7 Å².